The number of thiazole rings is 1. The molecule has 110 valence electrons. The lowest BCUT2D eigenvalue weighted by atomic mass is 10.2. The molecule has 1 atom stereocenters. The van der Waals surface area contributed by atoms with Crippen molar-refractivity contribution in [2.75, 3.05) is 12.4 Å². The van der Waals surface area contributed by atoms with Crippen molar-refractivity contribution in [3.63, 3.8) is 0 Å². The summed E-state index contributed by atoms with van der Waals surface area (Å²) in [6.07, 6.45) is 0.931. The van der Waals surface area contributed by atoms with Gasteiger partial charge >= 0.3 is 5.97 Å². The number of carbonyl (C=O) groups excluding carboxylic acids is 2. The molecule has 1 aliphatic rings. The number of amides is 1. The van der Waals surface area contributed by atoms with Gasteiger partial charge in [0, 0.05) is 18.6 Å². The highest BCUT2D eigenvalue weighted by Gasteiger charge is 2.27. The fourth-order valence-electron chi connectivity index (χ4n) is 2.04. The number of fused-ring (bicyclic) bond motifs is 1. The molecular weight excluding hydrogens is 308 g/mol. The van der Waals surface area contributed by atoms with Crippen LogP contribution in [0.5, 0.6) is 0 Å². The van der Waals surface area contributed by atoms with Crippen LogP contribution in [-0.2, 0) is 14.3 Å². The average molecular weight is 322 g/mol. The predicted molar refractivity (Wildman–Crippen MR) is 82.5 cm³/mol. The number of thioether (sulfide) groups is 1. The molecule has 2 aromatic rings. The van der Waals surface area contributed by atoms with Crippen molar-refractivity contribution in [2.45, 2.75) is 23.2 Å². The molecule has 5 nitrogen and oxygen atoms in total. The van der Waals surface area contributed by atoms with E-state index in [0.717, 1.165) is 14.6 Å². The van der Waals surface area contributed by atoms with Gasteiger partial charge in [-0.3, -0.25) is 4.79 Å². The zero-order valence-electron chi connectivity index (χ0n) is 11.2. The predicted octanol–water partition coefficient (Wildman–Crippen LogP) is 2.21. The number of esters is 1. The van der Waals surface area contributed by atoms with Crippen molar-refractivity contribution >= 4 is 45.2 Å². The van der Waals surface area contributed by atoms with Crippen LogP contribution < -0.4 is 5.32 Å². The molecule has 3 rings (SSSR count). The maximum Gasteiger partial charge on any atom is 0.328 e. The molecule has 0 spiro atoms. The summed E-state index contributed by atoms with van der Waals surface area (Å²) < 4.78 is 6.92. The first-order chi connectivity index (χ1) is 10.2. The molecule has 0 bridgehead atoms. The molecule has 1 amide bonds. The third kappa shape index (κ3) is 3.54. The van der Waals surface area contributed by atoms with Crippen LogP contribution in [0.15, 0.2) is 28.6 Å². The molecule has 2 heterocycles. The Bertz CT molecular complexity index is 638. The molecule has 1 aromatic heterocycles. The monoisotopic (exact) mass is 322 g/mol. The summed E-state index contributed by atoms with van der Waals surface area (Å²) in [4.78, 5) is 27.5. The number of nitrogens with zero attached hydrogens (tertiary/aromatic N) is 1. The molecule has 0 aliphatic carbocycles. The van der Waals surface area contributed by atoms with Crippen molar-refractivity contribution in [3.8, 4) is 0 Å². The Hall–Kier alpha value is -1.60. The van der Waals surface area contributed by atoms with E-state index in [1.54, 1.807) is 23.1 Å². The first-order valence-corrected chi connectivity index (χ1v) is 8.47. The van der Waals surface area contributed by atoms with Gasteiger partial charge in [-0.2, -0.15) is 0 Å². The van der Waals surface area contributed by atoms with Crippen LogP contribution in [-0.4, -0.2) is 35.3 Å². The van der Waals surface area contributed by atoms with E-state index in [2.05, 4.69) is 10.3 Å². The van der Waals surface area contributed by atoms with E-state index in [9.17, 15) is 9.59 Å². The number of nitrogens with one attached hydrogen (secondary N) is 1. The van der Waals surface area contributed by atoms with Crippen LogP contribution in [0.2, 0.25) is 0 Å². The number of aromatic nitrogens is 1. The van der Waals surface area contributed by atoms with Gasteiger partial charge in [-0.15, -0.1) is 11.3 Å². The minimum Gasteiger partial charge on any atom is -0.464 e. The molecule has 1 fully saturated rings. The molecule has 0 radical (unpaired) electrons. The lowest BCUT2D eigenvalue weighted by Gasteiger charge is -2.07. The molecule has 1 N–H and O–H groups in total. The van der Waals surface area contributed by atoms with Crippen LogP contribution in [0.3, 0.4) is 0 Å². The summed E-state index contributed by atoms with van der Waals surface area (Å²) in [5.74, 6) is 0.197. The van der Waals surface area contributed by atoms with Gasteiger partial charge in [0.15, 0.2) is 4.34 Å². The fraction of sp³-hybridized carbons (Fsp3) is 0.357. The molecule has 7 heteroatoms. The molecule has 1 aromatic carbocycles. The van der Waals surface area contributed by atoms with E-state index in [1.807, 2.05) is 24.3 Å². The summed E-state index contributed by atoms with van der Waals surface area (Å²) in [5.41, 5.74) is 0.989. The third-order valence-electron chi connectivity index (χ3n) is 3.10. The van der Waals surface area contributed by atoms with Crippen molar-refractivity contribution in [3.05, 3.63) is 24.3 Å². The zero-order valence-corrected chi connectivity index (χ0v) is 12.8. The largest absolute Gasteiger partial charge is 0.464 e. The van der Waals surface area contributed by atoms with E-state index in [4.69, 9.17) is 4.74 Å². The van der Waals surface area contributed by atoms with Gasteiger partial charge in [-0.05, 0) is 12.1 Å². The molecule has 1 saturated heterocycles. The van der Waals surface area contributed by atoms with Gasteiger partial charge in [0.1, 0.15) is 6.04 Å². The minimum absolute atomic E-state index is 0.118. The maximum absolute atomic E-state index is 11.8. The minimum atomic E-state index is -0.468. The summed E-state index contributed by atoms with van der Waals surface area (Å²) in [6, 6.07) is 7.50. The highest BCUT2D eigenvalue weighted by Crippen LogP contribution is 2.29. The standard InChI is InChI=1S/C14H14N2O3S2/c17-12(15-10-5-7-19-13(10)18)6-8-20-14-16-9-3-1-2-4-11(9)21-14/h1-4,10H,5-8H2,(H,15,17)/t10-/m0/s1. The summed E-state index contributed by atoms with van der Waals surface area (Å²) in [7, 11) is 0. The number of para-hydroxylation sites is 1. The van der Waals surface area contributed by atoms with Crippen molar-refractivity contribution in [1.29, 1.82) is 0 Å². The lowest BCUT2D eigenvalue weighted by molar-refractivity contribution is -0.141. The van der Waals surface area contributed by atoms with Gasteiger partial charge in [0.25, 0.3) is 0 Å². The first kappa shape index (κ1) is 14.3. The number of hydrogen-bond donors (Lipinski definition) is 1. The second kappa shape index (κ2) is 6.44. The Morgan fingerprint density at radius 1 is 1.48 bits per heavy atom. The number of rotatable bonds is 5. The van der Waals surface area contributed by atoms with Crippen molar-refractivity contribution in [2.24, 2.45) is 0 Å². The quantitative estimate of drug-likeness (QED) is 0.675. The smallest absolute Gasteiger partial charge is 0.328 e. The van der Waals surface area contributed by atoms with E-state index >= 15 is 0 Å². The highest BCUT2D eigenvalue weighted by molar-refractivity contribution is 8.01. The Kier molecular flexibility index (Phi) is 4.40. The third-order valence-corrected chi connectivity index (χ3v) is 5.28. The fourth-order valence-corrected chi connectivity index (χ4v) is 4.11. The molecule has 21 heavy (non-hydrogen) atoms. The van der Waals surface area contributed by atoms with Gasteiger partial charge in [-0.1, -0.05) is 23.9 Å². The molecule has 0 saturated carbocycles. The first-order valence-electron chi connectivity index (χ1n) is 6.67. The lowest BCUT2D eigenvalue weighted by Crippen LogP contribution is -2.38. The summed E-state index contributed by atoms with van der Waals surface area (Å²) >= 11 is 3.19. The second-order valence-electron chi connectivity index (χ2n) is 4.62. The Balaban J connectivity index is 1.47. The number of benzene rings is 1. The van der Waals surface area contributed by atoms with E-state index < -0.39 is 6.04 Å². The van der Waals surface area contributed by atoms with Crippen LogP contribution in [0, 0.1) is 0 Å². The molecule has 1 aliphatic heterocycles. The van der Waals surface area contributed by atoms with Crippen LogP contribution >= 0.6 is 23.1 Å². The van der Waals surface area contributed by atoms with Gasteiger partial charge in [0.2, 0.25) is 5.91 Å². The second-order valence-corrected chi connectivity index (χ2v) is 6.99. The number of cyclic esters (lactones) is 1. The van der Waals surface area contributed by atoms with Crippen LogP contribution in [0.4, 0.5) is 0 Å². The molecule has 0 unspecified atom stereocenters. The summed E-state index contributed by atoms with van der Waals surface area (Å²) in [5, 5.41) is 2.70. The van der Waals surface area contributed by atoms with Crippen molar-refractivity contribution in [1.82, 2.24) is 10.3 Å². The Morgan fingerprint density at radius 3 is 3.10 bits per heavy atom. The molecular formula is C14H14N2O3S2. The zero-order chi connectivity index (χ0) is 14.7. The van der Waals surface area contributed by atoms with Gasteiger partial charge in [0.05, 0.1) is 16.8 Å². The van der Waals surface area contributed by atoms with Crippen molar-refractivity contribution < 1.29 is 14.3 Å². The van der Waals surface area contributed by atoms with E-state index in [1.165, 1.54) is 0 Å². The highest BCUT2D eigenvalue weighted by atomic mass is 32.2. The normalized spacial score (nSPS) is 17.9. The number of carbonyl (C=O) groups is 2. The number of hydrogen-bond acceptors (Lipinski definition) is 6. The topological polar surface area (TPSA) is 68.3 Å². The van der Waals surface area contributed by atoms with Gasteiger partial charge < -0.3 is 10.1 Å². The maximum atomic E-state index is 11.8. The van der Waals surface area contributed by atoms with Crippen LogP contribution in [0.1, 0.15) is 12.8 Å². The average Bonchev–Trinajstić information content (AvgIpc) is 3.05. The SMILES string of the molecule is O=C(CCSc1nc2ccccc2s1)N[C@H]1CCOC1=O. The van der Waals surface area contributed by atoms with E-state index in [0.29, 0.717) is 25.2 Å². The summed E-state index contributed by atoms with van der Waals surface area (Å²) in [6.45, 7) is 0.393. The number of ether oxygens (including phenoxy) is 1. The Labute approximate surface area is 130 Å². The van der Waals surface area contributed by atoms with Gasteiger partial charge in [-0.25, -0.2) is 9.78 Å². The van der Waals surface area contributed by atoms with E-state index in [-0.39, 0.29) is 11.9 Å². The Morgan fingerprint density at radius 2 is 2.33 bits per heavy atom. The van der Waals surface area contributed by atoms with Crippen LogP contribution in [0.25, 0.3) is 10.2 Å².